The maximum Gasteiger partial charge on any atom is 0.287 e. The number of likely N-dealkylation sites (tertiary alicyclic amines) is 1. The summed E-state index contributed by atoms with van der Waals surface area (Å²) in [5, 5.41) is 5.94. The Labute approximate surface area is 196 Å². The molecule has 1 saturated heterocycles. The first-order valence-electron chi connectivity index (χ1n) is 10.3. The average Bonchev–Trinajstić information content (AvgIpc) is 3.12. The topological polar surface area (TPSA) is 62.6 Å². The Bertz CT molecular complexity index is 1090. The number of benzene rings is 1. The summed E-state index contributed by atoms with van der Waals surface area (Å²) in [6, 6.07) is 8.82. The Morgan fingerprint density at radius 3 is 2.65 bits per heavy atom. The van der Waals surface area contributed by atoms with Crippen LogP contribution in [-0.2, 0) is 0 Å². The molecule has 166 valence electrons. The van der Waals surface area contributed by atoms with E-state index in [1.807, 2.05) is 13.0 Å². The van der Waals surface area contributed by atoms with Crippen molar-refractivity contribution in [2.75, 3.05) is 19.6 Å². The van der Waals surface area contributed by atoms with Gasteiger partial charge in [0.15, 0.2) is 11.2 Å². The van der Waals surface area contributed by atoms with E-state index in [1.165, 1.54) is 36.6 Å². The van der Waals surface area contributed by atoms with Crippen LogP contribution in [0.3, 0.4) is 0 Å². The van der Waals surface area contributed by atoms with Crippen molar-refractivity contribution in [2.45, 2.75) is 38.6 Å². The molecule has 1 N–H and O–H groups in total. The number of nitrogens with zero attached hydrogens (tertiary/aromatic N) is 1. The van der Waals surface area contributed by atoms with E-state index in [1.54, 1.807) is 23.5 Å². The number of aryl methyl sites for hydroxylation is 1. The normalized spacial score (nSPS) is 15.8. The first-order chi connectivity index (χ1) is 14.5. The van der Waals surface area contributed by atoms with Crippen LogP contribution in [0.5, 0.6) is 0 Å². The number of halogens is 2. The van der Waals surface area contributed by atoms with Gasteiger partial charge in [0.2, 0.25) is 0 Å². The van der Waals surface area contributed by atoms with Crippen molar-refractivity contribution < 1.29 is 9.21 Å². The van der Waals surface area contributed by atoms with Gasteiger partial charge in [-0.25, -0.2) is 0 Å². The lowest BCUT2D eigenvalue weighted by Crippen LogP contribution is -2.38. The molecule has 8 heteroatoms. The summed E-state index contributed by atoms with van der Waals surface area (Å²) in [5.74, 6) is -0.354. The fraction of sp³-hybridized carbons (Fsp3) is 0.391. The Morgan fingerprint density at radius 1 is 1.23 bits per heavy atom. The predicted octanol–water partition coefficient (Wildman–Crippen LogP) is 5.59. The molecular weight excluding hydrogens is 455 g/mol. The third-order valence-corrected chi connectivity index (χ3v) is 7.02. The first-order valence-corrected chi connectivity index (χ1v) is 11.6. The maximum atomic E-state index is 12.8. The van der Waals surface area contributed by atoms with Crippen LogP contribution in [0.15, 0.2) is 44.9 Å². The molecule has 1 aliphatic heterocycles. The second-order valence-corrected chi connectivity index (χ2v) is 9.15. The Balaban J connectivity index is 0.00000272. The number of carbonyl (C=O) groups excluding carboxylic acids is 1. The number of hydrogen-bond acceptors (Lipinski definition) is 5. The molecule has 1 amide bonds. The summed E-state index contributed by atoms with van der Waals surface area (Å²) in [7, 11) is 0. The van der Waals surface area contributed by atoms with E-state index in [4.69, 9.17) is 16.0 Å². The summed E-state index contributed by atoms with van der Waals surface area (Å²) in [4.78, 5) is 29.0. The SMILES string of the molecule is Cc1cc2oc(C(=O)NCC(c3cccs3)N3CCCCCC3)cc(=O)c2cc1Cl.Cl. The zero-order valence-corrected chi connectivity index (χ0v) is 19.7. The van der Waals surface area contributed by atoms with Crippen LogP contribution in [0.2, 0.25) is 5.02 Å². The van der Waals surface area contributed by atoms with Crippen LogP contribution >= 0.6 is 35.3 Å². The number of carbonyl (C=O) groups is 1. The molecule has 0 aliphatic carbocycles. The van der Waals surface area contributed by atoms with Crippen LogP contribution in [0, 0.1) is 6.92 Å². The van der Waals surface area contributed by atoms with Gasteiger partial charge in [-0.05, 0) is 62.0 Å². The van der Waals surface area contributed by atoms with E-state index < -0.39 is 0 Å². The van der Waals surface area contributed by atoms with E-state index in [0.717, 1.165) is 18.7 Å². The molecule has 0 spiro atoms. The minimum absolute atomic E-state index is 0. The van der Waals surface area contributed by atoms with Gasteiger partial charge in [-0.3, -0.25) is 14.5 Å². The lowest BCUT2D eigenvalue weighted by molar-refractivity contribution is 0.0907. The molecule has 0 radical (unpaired) electrons. The first kappa shape index (κ1) is 23.8. The monoisotopic (exact) mass is 480 g/mol. The average molecular weight is 481 g/mol. The van der Waals surface area contributed by atoms with Crippen LogP contribution < -0.4 is 10.7 Å². The zero-order valence-electron chi connectivity index (χ0n) is 17.4. The van der Waals surface area contributed by atoms with Gasteiger partial charge in [0, 0.05) is 22.5 Å². The molecule has 1 aromatic carbocycles. The van der Waals surface area contributed by atoms with Crippen LogP contribution in [0.25, 0.3) is 11.0 Å². The molecule has 5 nitrogen and oxygen atoms in total. The largest absolute Gasteiger partial charge is 0.451 e. The van der Waals surface area contributed by atoms with Gasteiger partial charge in [0.05, 0.1) is 11.4 Å². The third-order valence-electron chi connectivity index (χ3n) is 5.64. The van der Waals surface area contributed by atoms with Gasteiger partial charge < -0.3 is 9.73 Å². The molecule has 1 fully saturated rings. The second kappa shape index (κ2) is 10.6. The molecule has 1 atom stereocenters. The quantitative estimate of drug-likeness (QED) is 0.517. The summed E-state index contributed by atoms with van der Waals surface area (Å²) in [6.07, 6.45) is 4.87. The number of hydrogen-bond donors (Lipinski definition) is 1. The minimum Gasteiger partial charge on any atom is -0.451 e. The van der Waals surface area contributed by atoms with Crippen LogP contribution in [0.1, 0.15) is 52.7 Å². The highest BCUT2D eigenvalue weighted by atomic mass is 35.5. The Hall–Kier alpha value is -1.86. The zero-order chi connectivity index (χ0) is 21.1. The van der Waals surface area contributed by atoms with Crippen molar-refractivity contribution >= 4 is 52.2 Å². The number of nitrogens with one attached hydrogen (secondary N) is 1. The number of amides is 1. The van der Waals surface area contributed by atoms with E-state index in [-0.39, 0.29) is 35.5 Å². The Kier molecular flexibility index (Phi) is 8.17. The molecule has 0 saturated carbocycles. The van der Waals surface area contributed by atoms with E-state index >= 15 is 0 Å². The lowest BCUT2D eigenvalue weighted by Gasteiger charge is -2.30. The smallest absolute Gasteiger partial charge is 0.287 e. The van der Waals surface area contributed by atoms with Gasteiger partial charge >= 0.3 is 0 Å². The van der Waals surface area contributed by atoms with Gasteiger partial charge in [0.1, 0.15) is 5.58 Å². The summed E-state index contributed by atoms with van der Waals surface area (Å²) in [5.41, 5.74) is 0.895. The summed E-state index contributed by atoms with van der Waals surface area (Å²) >= 11 is 7.82. The summed E-state index contributed by atoms with van der Waals surface area (Å²) < 4.78 is 5.75. The molecule has 1 aliphatic rings. The maximum absolute atomic E-state index is 12.8. The van der Waals surface area contributed by atoms with E-state index in [9.17, 15) is 9.59 Å². The highest BCUT2D eigenvalue weighted by molar-refractivity contribution is 7.10. The van der Waals surface area contributed by atoms with Crippen molar-refractivity contribution in [1.29, 1.82) is 0 Å². The number of rotatable bonds is 5. The van der Waals surface area contributed by atoms with Crippen molar-refractivity contribution in [3.8, 4) is 0 Å². The molecule has 3 aromatic rings. The van der Waals surface area contributed by atoms with Gasteiger partial charge in [0.25, 0.3) is 5.91 Å². The third kappa shape index (κ3) is 5.50. The van der Waals surface area contributed by atoms with Crippen molar-refractivity contribution in [2.24, 2.45) is 0 Å². The molecule has 2 aromatic heterocycles. The van der Waals surface area contributed by atoms with Crippen molar-refractivity contribution in [1.82, 2.24) is 10.2 Å². The lowest BCUT2D eigenvalue weighted by atomic mass is 10.1. The number of fused-ring (bicyclic) bond motifs is 1. The predicted molar refractivity (Wildman–Crippen MR) is 129 cm³/mol. The highest BCUT2D eigenvalue weighted by Gasteiger charge is 2.24. The fourth-order valence-corrected chi connectivity index (χ4v) is 4.99. The minimum atomic E-state index is -0.377. The number of thiophene rings is 1. The van der Waals surface area contributed by atoms with Crippen LogP contribution in [0.4, 0.5) is 0 Å². The Morgan fingerprint density at radius 2 is 1.97 bits per heavy atom. The van der Waals surface area contributed by atoms with Crippen molar-refractivity contribution in [3.63, 3.8) is 0 Å². The fourth-order valence-electron chi connectivity index (χ4n) is 3.96. The van der Waals surface area contributed by atoms with Gasteiger partial charge in [-0.2, -0.15) is 0 Å². The molecular formula is C23H26Cl2N2O3S. The summed E-state index contributed by atoms with van der Waals surface area (Å²) in [6.45, 7) is 4.37. The van der Waals surface area contributed by atoms with Crippen LogP contribution in [-0.4, -0.2) is 30.4 Å². The molecule has 1 unspecified atom stereocenters. The van der Waals surface area contributed by atoms with Crippen molar-refractivity contribution in [3.05, 3.63) is 67.2 Å². The molecule has 31 heavy (non-hydrogen) atoms. The molecule has 4 rings (SSSR count). The van der Waals surface area contributed by atoms with Gasteiger partial charge in [-0.1, -0.05) is 30.5 Å². The highest BCUT2D eigenvalue weighted by Crippen LogP contribution is 2.27. The second-order valence-electron chi connectivity index (χ2n) is 7.76. The van der Waals surface area contributed by atoms with E-state index in [2.05, 4.69) is 21.7 Å². The van der Waals surface area contributed by atoms with E-state index in [0.29, 0.717) is 22.5 Å². The van der Waals surface area contributed by atoms with Gasteiger partial charge in [-0.15, -0.1) is 23.7 Å². The molecule has 0 bridgehead atoms. The standard InChI is InChI=1S/C23H25ClN2O3S.ClH/c1-15-11-20-16(12-17(15)24)19(27)13-21(29-20)23(28)25-14-18(22-7-6-10-30-22)26-8-4-2-3-5-9-26;/h6-7,10-13,18H,2-5,8-9,14H2,1H3,(H,25,28);1H. The molecule has 3 heterocycles.